The molecule has 3 aromatic rings. The monoisotopic (exact) mass is 545 g/mol. The SMILES string of the molecule is Cc1cc(Cl)ccc1OC(C)C(=O)Nc1ccc([N+](=O)[O-])c(NC(=O)C(C)Oc2ccc(Cl)cc2C)c1. The molecule has 0 spiro atoms. The second-order valence-corrected chi connectivity index (χ2v) is 9.18. The van der Waals surface area contributed by atoms with Gasteiger partial charge in [-0.05, 0) is 87.4 Å². The van der Waals surface area contributed by atoms with E-state index in [-0.39, 0.29) is 17.1 Å². The lowest BCUT2D eigenvalue weighted by molar-refractivity contribution is -0.383. The molecule has 2 amide bonds. The standard InChI is InChI=1S/C26H25Cl2N3O6/c1-14-11-18(27)5-9-23(14)36-16(3)25(32)29-20-7-8-22(31(34)35)21(13-20)30-26(33)17(4)37-24-10-6-19(28)12-15(24)2/h5-13,16-17H,1-4H3,(H,29,32)(H,30,33). The molecule has 0 aliphatic carbocycles. The molecule has 0 aliphatic heterocycles. The number of carbonyl (C=O) groups is 2. The molecule has 11 heteroatoms. The van der Waals surface area contributed by atoms with Gasteiger partial charge in [0.15, 0.2) is 12.2 Å². The molecule has 2 N–H and O–H groups in total. The summed E-state index contributed by atoms with van der Waals surface area (Å²) in [4.78, 5) is 36.4. The molecular weight excluding hydrogens is 521 g/mol. The number of amides is 2. The summed E-state index contributed by atoms with van der Waals surface area (Å²) < 4.78 is 11.4. The highest BCUT2D eigenvalue weighted by molar-refractivity contribution is 6.31. The summed E-state index contributed by atoms with van der Waals surface area (Å²) >= 11 is 11.9. The molecule has 3 rings (SSSR count). The van der Waals surface area contributed by atoms with Crippen molar-refractivity contribution in [3.8, 4) is 11.5 Å². The molecule has 0 aromatic heterocycles. The second-order valence-electron chi connectivity index (χ2n) is 8.31. The van der Waals surface area contributed by atoms with E-state index in [9.17, 15) is 19.7 Å². The topological polar surface area (TPSA) is 120 Å². The lowest BCUT2D eigenvalue weighted by atomic mass is 10.2. The van der Waals surface area contributed by atoms with Gasteiger partial charge in [0.05, 0.1) is 4.92 Å². The number of rotatable bonds is 9. The minimum Gasteiger partial charge on any atom is -0.481 e. The minimum atomic E-state index is -0.978. The highest BCUT2D eigenvalue weighted by Crippen LogP contribution is 2.29. The van der Waals surface area contributed by atoms with Crippen molar-refractivity contribution >= 4 is 52.1 Å². The van der Waals surface area contributed by atoms with Crippen LogP contribution in [0.25, 0.3) is 0 Å². The van der Waals surface area contributed by atoms with Crippen LogP contribution in [0.3, 0.4) is 0 Å². The first-order valence-electron chi connectivity index (χ1n) is 11.2. The Morgan fingerprint density at radius 3 is 1.76 bits per heavy atom. The van der Waals surface area contributed by atoms with E-state index in [4.69, 9.17) is 32.7 Å². The van der Waals surface area contributed by atoms with Gasteiger partial charge in [0.25, 0.3) is 17.5 Å². The third kappa shape index (κ3) is 7.34. The van der Waals surface area contributed by atoms with Gasteiger partial charge >= 0.3 is 0 Å². The number of nitro benzene ring substituents is 1. The van der Waals surface area contributed by atoms with Gasteiger partial charge in [-0.25, -0.2) is 0 Å². The third-order valence-corrected chi connectivity index (χ3v) is 5.81. The van der Waals surface area contributed by atoms with Crippen LogP contribution in [0.1, 0.15) is 25.0 Å². The van der Waals surface area contributed by atoms with Crippen molar-refractivity contribution in [2.45, 2.75) is 39.9 Å². The van der Waals surface area contributed by atoms with Crippen LogP contribution in [0.4, 0.5) is 17.1 Å². The van der Waals surface area contributed by atoms with Gasteiger partial charge in [-0.1, -0.05) is 23.2 Å². The van der Waals surface area contributed by atoms with Gasteiger partial charge in [0.1, 0.15) is 17.2 Å². The molecule has 2 unspecified atom stereocenters. The van der Waals surface area contributed by atoms with Crippen molar-refractivity contribution < 1.29 is 24.0 Å². The molecule has 37 heavy (non-hydrogen) atoms. The highest BCUT2D eigenvalue weighted by Gasteiger charge is 2.23. The first-order valence-corrected chi connectivity index (χ1v) is 12.0. The molecule has 9 nitrogen and oxygen atoms in total. The summed E-state index contributed by atoms with van der Waals surface area (Å²) in [5, 5.41) is 17.8. The fourth-order valence-electron chi connectivity index (χ4n) is 3.33. The number of halogens is 2. The number of benzene rings is 3. The van der Waals surface area contributed by atoms with E-state index in [0.29, 0.717) is 21.5 Å². The normalized spacial score (nSPS) is 12.3. The summed E-state index contributed by atoms with van der Waals surface area (Å²) in [5.41, 5.74) is 1.28. The van der Waals surface area contributed by atoms with Gasteiger partial charge in [-0.3, -0.25) is 19.7 Å². The molecule has 0 heterocycles. The zero-order chi connectivity index (χ0) is 27.3. The van der Waals surface area contributed by atoms with E-state index < -0.39 is 28.9 Å². The predicted molar refractivity (Wildman–Crippen MR) is 143 cm³/mol. The van der Waals surface area contributed by atoms with Crippen molar-refractivity contribution in [2.75, 3.05) is 10.6 Å². The fraction of sp³-hybridized carbons (Fsp3) is 0.231. The van der Waals surface area contributed by atoms with Crippen molar-refractivity contribution in [1.29, 1.82) is 0 Å². The summed E-state index contributed by atoms with van der Waals surface area (Å²) in [5.74, 6) is -0.160. The Balaban J connectivity index is 1.72. The Labute approximate surface area is 223 Å². The van der Waals surface area contributed by atoms with Gasteiger partial charge in [-0.2, -0.15) is 0 Å². The highest BCUT2D eigenvalue weighted by atomic mass is 35.5. The van der Waals surface area contributed by atoms with Crippen LogP contribution in [-0.2, 0) is 9.59 Å². The molecule has 194 valence electrons. The fourth-order valence-corrected chi connectivity index (χ4v) is 3.78. The summed E-state index contributed by atoms with van der Waals surface area (Å²) in [6, 6.07) is 13.8. The number of aryl methyl sites for hydroxylation is 2. The lowest BCUT2D eigenvalue weighted by Gasteiger charge is -2.18. The third-order valence-electron chi connectivity index (χ3n) is 5.34. The zero-order valence-corrected chi connectivity index (χ0v) is 22.0. The largest absolute Gasteiger partial charge is 0.481 e. The Morgan fingerprint density at radius 2 is 1.30 bits per heavy atom. The molecule has 3 aromatic carbocycles. The van der Waals surface area contributed by atoms with Crippen molar-refractivity contribution in [1.82, 2.24) is 0 Å². The van der Waals surface area contributed by atoms with Crippen LogP contribution in [0.5, 0.6) is 11.5 Å². The van der Waals surface area contributed by atoms with Crippen LogP contribution in [0.2, 0.25) is 10.0 Å². The van der Waals surface area contributed by atoms with Crippen LogP contribution in [-0.4, -0.2) is 28.9 Å². The number of carbonyl (C=O) groups excluding carboxylic acids is 2. The molecular formula is C26H25Cl2N3O6. The van der Waals surface area contributed by atoms with Crippen LogP contribution in [0, 0.1) is 24.0 Å². The second kappa shape index (κ2) is 11.9. The lowest BCUT2D eigenvalue weighted by Crippen LogP contribution is -2.31. The number of hydrogen-bond donors (Lipinski definition) is 2. The Bertz CT molecular complexity index is 1350. The Hall–Kier alpha value is -3.82. The van der Waals surface area contributed by atoms with E-state index in [1.807, 2.05) is 0 Å². The number of hydrogen-bond acceptors (Lipinski definition) is 6. The average molecular weight is 546 g/mol. The van der Waals surface area contributed by atoms with E-state index in [2.05, 4.69) is 10.6 Å². The molecule has 2 atom stereocenters. The van der Waals surface area contributed by atoms with Crippen LogP contribution >= 0.6 is 23.2 Å². The number of nitro groups is 1. The molecule has 0 saturated heterocycles. The summed E-state index contributed by atoms with van der Waals surface area (Å²) in [6.07, 6.45) is -1.86. The number of anilines is 2. The van der Waals surface area contributed by atoms with Gasteiger partial charge in [0, 0.05) is 21.8 Å². The first kappa shape index (κ1) is 27.8. The molecule has 0 radical (unpaired) electrons. The zero-order valence-electron chi connectivity index (χ0n) is 20.5. The molecule has 0 fully saturated rings. The molecule has 0 bridgehead atoms. The number of nitrogens with one attached hydrogen (secondary N) is 2. The first-order chi connectivity index (χ1) is 17.4. The minimum absolute atomic E-state index is 0.0989. The predicted octanol–water partition coefficient (Wildman–Crippen LogP) is 6.33. The van der Waals surface area contributed by atoms with Crippen molar-refractivity contribution in [2.24, 2.45) is 0 Å². The van der Waals surface area contributed by atoms with E-state index in [1.54, 1.807) is 57.2 Å². The van der Waals surface area contributed by atoms with Crippen molar-refractivity contribution in [3.05, 3.63) is 85.9 Å². The van der Waals surface area contributed by atoms with Crippen LogP contribution in [0.15, 0.2) is 54.6 Å². The maximum Gasteiger partial charge on any atom is 0.292 e. The molecule has 0 saturated carbocycles. The van der Waals surface area contributed by atoms with Crippen molar-refractivity contribution in [3.63, 3.8) is 0 Å². The quantitative estimate of drug-likeness (QED) is 0.239. The van der Waals surface area contributed by atoms with E-state index in [1.165, 1.54) is 25.1 Å². The summed E-state index contributed by atoms with van der Waals surface area (Å²) in [6.45, 7) is 6.66. The molecule has 0 aliphatic rings. The summed E-state index contributed by atoms with van der Waals surface area (Å²) in [7, 11) is 0. The van der Waals surface area contributed by atoms with Gasteiger partial charge in [-0.15, -0.1) is 0 Å². The maximum absolute atomic E-state index is 12.8. The van der Waals surface area contributed by atoms with Crippen LogP contribution < -0.4 is 20.1 Å². The number of ether oxygens (including phenoxy) is 2. The Morgan fingerprint density at radius 1 is 0.811 bits per heavy atom. The average Bonchev–Trinajstić information content (AvgIpc) is 2.82. The van der Waals surface area contributed by atoms with Gasteiger partial charge < -0.3 is 20.1 Å². The maximum atomic E-state index is 12.8. The number of nitrogens with zero attached hydrogens (tertiary/aromatic N) is 1. The van der Waals surface area contributed by atoms with Gasteiger partial charge in [0.2, 0.25) is 0 Å². The smallest absolute Gasteiger partial charge is 0.292 e. The van der Waals surface area contributed by atoms with E-state index in [0.717, 1.165) is 11.1 Å². The Kier molecular flexibility index (Phi) is 8.96. The van der Waals surface area contributed by atoms with E-state index >= 15 is 0 Å².